The predicted octanol–water partition coefficient (Wildman–Crippen LogP) is 4.65. The van der Waals surface area contributed by atoms with E-state index in [2.05, 4.69) is 60.8 Å². The minimum absolute atomic E-state index is 0.0519. The molecule has 2 N–H and O–H groups in total. The molecule has 178 valence electrons. The molecule has 2 aromatic carbocycles. The van der Waals surface area contributed by atoms with Crippen molar-refractivity contribution in [3.8, 4) is 0 Å². The number of nitrogens with one attached hydrogen (secondary N) is 2. The summed E-state index contributed by atoms with van der Waals surface area (Å²) in [6.07, 6.45) is 5.39. The minimum Gasteiger partial charge on any atom is -0.353 e. The number of carbonyl (C=O) groups excluding carboxylic acids is 2. The topological polar surface area (TPSA) is 61.4 Å². The molecule has 6 heteroatoms. The third-order valence-electron chi connectivity index (χ3n) is 6.86. The molecule has 2 amide bonds. The van der Waals surface area contributed by atoms with Gasteiger partial charge in [-0.05, 0) is 70.3 Å². The first kappa shape index (κ1) is 25.3. The quantitative estimate of drug-likeness (QED) is 0.562. The molecule has 0 heterocycles. The van der Waals surface area contributed by atoms with Gasteiger partial charge in [0.2, 0.25) is 11.8 Å². The summed E-state index contributed by atoms with van der Waals surface area (Å²) in [5.74, 6) is -0.192. The second-order valence-electron chi connectivity index (χ2n) is 9.49. The summed E-state index contributed by atoms with van der Waals surface area (Å²) in [5, 5.41) is 6.62. The summed E-state index contributed by atoms with van der Waals surface area (Å²) in [5.41, 5.74) is 3.65. The number of nitrogens with zero attached hydrogens (tertiary/aromatic N) is 1. The average molecular weight is 470 g/mol. The SMILES string of the molecule is Cc1cccc(CC2(N(C)C)CCC(NC(=O)CCC(=O)NCc3ccccc3Cl)CC2)c1. The highest BCUT2D eigenvalue weighted by Crippen LogP contribution is 2.35. The van der Waals surface area contributed by atoms with Crippen LogP contribution >= 0.6 is 11.6 Å². The fourth-order valence-corrected chi connectivity index (χ4v) is 4.94. The van der Waals surface area contributed by atoms with Crippen LogP contribution in [0.4, 0.5) is 0 Å². The Balaban J connectivity index is 1.42. The Hall–Kier alpha value is -2.37. The fraction of sp³-hybridized carbons (Fsp3) is 0.481. The van der Waals surface area contributed by atoms with Gasteiger partial charge >= 0.3 is 0 Å². The van der Waals surface area contributed by atoms with Gasteiger partial charge in [0.1, 0.15) is 0 Å². The molecule has 1 saturated carbocycles. The molecule has 3 rings (SSSR count). The van der Waals surface area contributed by atoms with Gasteiger partial charge in [-0.1, -0.05) is 59.6 Å². The number of rotatable bonds is 9. The summed E-state index contributed by atoms with van der Waals surface area (Å²) < 4.78 is 0. The van der Waals surface area contributed by atoms with E-state index in [9.17, 15) is 9.59 Å². The number of likely N-dealkylation sites (N-methyl/N-ethyl adjacent to an activating group) is 1. The van der Waals surface area contributed by atoms with Crippen molar-refractivity contribution in [2.45, 2.75) is 70.0 Å². The van der Waals surface area contributed by atoms with Crippen molar-refractivity contribution < 1.29 is 9.59 Å². The highest BCUT2D eigenvalue weighted by molar-refractivity contribution is 6.31. The Morgan fingerprint density at radius 2 is 1.73 bits per heavy atom. The molecule has 1 aliphatic carbocycles. The lowest BCUT2D eigenvalue weighted by molar-refractivity contribution is -0.127. The molecule has 0 unspecified atom stereocenters. The molecule has 5 nitrogen and oxygen atoms in total. The maximum atomic E-state index is 12.4. The van der Waals surface area contributed by atoms with E-state index >= 15 is 0 Å². The number of halogens is 1. The molecule has 0 atom stereocenters. The average Bonchev–Trinajstić information content (AvgIpc) is 2.78. The van der Waals surface area contributed by atoms with E-state index in [-0.39, 0.29) is 36.2 Å². The molecule has 0 aliphatic heterocycles. The first-order valence-corrected chi connectivity index (χ1v) is 12.2. The zero-order chi connectivity index (χ0) is 23.8. The van der Waals surface area contributed by atoms with Gasteiger partial charge in [-0.25, -0.2) is 0 Å². The van der Waals surface area contributed by atoms with Gasteiger partial charge in [0.15, 0.2) is 0 Å². The van der Waals surface area contributed by atoms with Gasteiger partial charge in [0.05, 0.1) is 0 Å². The van der Waals surface area contributed by atoms with Crippen molar-refractivity contribution in [1.82, 2.24) is 15.5 Å². The Bertz CT molecular complexity index is 952. The predicted molar refractivity (Wildman–Crippen MR) is 134 cm³/mol. The molecule has 1 fully saturated rings. The van der Waals surface area contributed by atoms with Crippen LogP contribution in [0.2, 0.25) is 5.02 Å². The van der Waals surface area contributed by atoms with Gasteiger partial charge in [-0.15, -0.1) is 0 Å². The van der Waals surface area contributed by atoms with Crippen LogP contribution in [0.1, 0.15) is 55.2 Å². The van der Waals surface area contributed by atoms with Crippen molar-refractivity contribution in [2.75, 3.05) is 14.1 Å². The van der Waals surface area contributed by atoms with Crippen molar-refractivity contribution >= 4 is 23.4 Å². The largest absolute Gasteiger partial charge is 0.353 e. The lowest BCUT2D eigenvalue weighted by atomic mass is 9.74. The third-order valence-corrected chi connectivity index (χ3v) is 7.23. The second-order valence-corrected chi connectivity index (χ2v) is 9.90. The van der Waals surface area contributed by atoms with Crippen LogP contribution in [0.5, 0.6) is 0 Å². The van der Waals surface area contributed by atoms with Crippen LogP contribution in [-0.4, -0.2) is 42.4 Å². The molecular formula is C27H36ClN3O2. The van der Waals surface area contributed by atoms with Gasteiger partial charge in [-0.2, -0.15) is 0 Å². The maximum Gasteiger partial charge on any atom is 0.220 e. The highest BCUT2D eigenvalue weighted by atomic mass is 35.5. The molecule has 0 bridgehead atoms. The van der Waals surface area contributed by atoms with Gasteiger partial charge in [0, 0.05) is 36.0 Å². The summed E-state index contributed by atoms with van der Waals surface area (Å²) in [4.78, 5) is 26.9. The lowest BCUT2D eigenvalue weighted by Crippen LogP contribution is -2.52. The Labute approximate surface area is 202 Å². The number of hydrogen-bond donors (Lipinski definition) is 2. The first-order chi connectivity index (χ1) is 15.8. The van der Waals surface area contributed by atoms with Gasteiger partial charge in [-0.3, -0.25) is 9.59 Å². The standard InChI is InChI=1S/C27H36ClN3O2/c1-20-7-6-8-21(17-20)18-27(31(2)3)15-13-23(14-16-27)30-26(33)12-11-25(32)29-19-22-9-4-5-10-24(22)28/h4-10,17,23H,11-16,18-19H2,1-3H3,(H,29,32)(H,30,33). The van der Waals surface area contributed by atoms with Gasteiger partial charge < -0.3 is 15.5 Å². The Kier molecular flexibility index (Phi) is 8.93. The van der Waals surface area contributed by atoms with Crippen LogP contribution in [0.3, 0.4) is 0 Å². The van der Waals surface area contributed by atoms with Crippen molar-refractivity contribution in [3.05, 3.63) is 70.2 Å². The first-order valence-electron chi connectivity index (χ1n) is 11.8. The molecule has 2 aromatic rings. The number of benzene rings is 2. The number of amides is 2. The van der Waals surface area contributed by atoms with Crippen molar-refractivity contribution in [2.24, 2.45) is 0 Å². The molecule has 33 heavy (non-hydrogen) atoms. The maximum absolute atomic E-state index is 12.4. The summed E-state index contributed by atoms with van der Waals surface area (Å²) >= 11 is 6.12. The minimum atomic E-state index is -0.140. The van der Waals surface area contributed by atoms with E-state index in [4.69, 9.17) is 11.6 Å². The smallest absolute Gasteiger partial charge is 0.220 e. The fourth-order valence-electron chi connectivity index (χ4n) is 4.73. The summed E-state index contributed by atoms with van der Waals surface area (Å²) in [6.45, 7) is 2.51. The Morgan fingerprint density at radius 3 is 2.39 bits per heavy atom. The highest BCUT2D eigenvalue weighted by Gasteiger charge is 2.37. The normalized spacial score (nSPS) is 20.5. The molecular weight excluding hydrogens is 434 g/mol. The van der Waals surface area contributed by atoms with E-state index < -0.39 is 0 Å². The van der Waals surface area contributed by atoms with Crippen LogP contribution in [0, 0.1) is 6.92 Å². The van der Waals surface area contributed by atoms with Crippen LogP contribution < -0.4 is 10.6 Å². The second kappa shape index (κ2) is 11.7. The van der Waals surface area contributed by atoms with E-state index in [1.165, 1.54) is 11.1 Å². The van der Waals surface area contributed by atoms with Gasteiger partial charge in [0.25, 0.3) is 0 Å². The van der Waals surface area contributed by atoms with Crippen molar-refractivity contribution in [1.29, 1.82) is 0 Å². The van der Waals surface area contributed by atoms with Crippen molar-refractivity contribution in [3.63, 3.8) is 0 Å². The zero-order valence-electron chi connectivity index (χ0n) is 20.0. The Morgan fingerprint density at radius 1 is 1.03 bits per heavy atom. The molecule has 0 spiro atoms. The molecule has 0 radical (unpaired) electrons. The summed E-state index contributed by atoms with van der Waals surface area (Å²) in [6, 6.07) is 16.3. The van der Waals surface area contributed by atoms with E-state index in [0.717, 1.165) is 37.7 Å². The monoisotopic (exact) mass is 469 g/mol. The summed E-state index contributed by atoms with van der Waals surface area (Å²) in [7, 11) is 4.33. The lowest BCUT2D eigenvalue weighted by Gasteiger charge is -2.45. The number of hydrogen-bond acceptors (Lipinski definition) is 3. The van der Waals surface area contributed by atoms with Crippen LogP contribution in [-0.2, 0) is 22.6 Å². The number of carbonyl (C=O) groups is 2. The number of aryl methyl sites for hydroxylation is 1. The van der Waals surface area contributed by atoms with Crippen LogP contribution in [0.25, 0.3) is 0 Å². The molecule has 1 aliphatic rings. The van der Waals surface area contributed by atoms with E-state index in [0.29, 0.717) is 11.6 Å². The van der Waals surface area contributed by atoms with E-state index in [1.807, 2.05) is 18.2 Å². The molecule has 0 aromatic heterocycles. The van der Waals surface area contributed by atoms with Crippen LogP contribution in [0.15, 0.2) is 48.5 Å². The third kappa shape index (κ3) is 7.31. The molecule has 0 saturated heterocycles. The zero-order valence-corrected chi connectivity index (χ0v) is 20.8. The van der Waals surface area contributed by atoms with E-state index in [1.54, 1.807) is 6.07 Å².